The molecule has 45 heavy (non-hydrogen) atoms. The zero-order valence-corrected chi connectivity index (χ0v) is 24.9. The summed E-state index contributed by atoms with van der Waals surface area (Å²) in [5.74, 6) is -0.516. The molecule has 1 saturated carbocycles. The molecule has 230 valence electrons. The van der Waals surface area contributed by atoms with Gasteiger partial charge in [0.25, 0.3) is 11.1 Å². The second-order valence-electron chi connectivity index (χ2n) is 12.0. The Labute approximate surface area is 259 Å². The van der Waals surface area contributed by atoms with E-state index in [4.69, 9.17) is 14.2 Å². The van der Waals surface area contributed by atoms with Gasteiger partial charge < -0.3 is 14.2 Å². The van der Waals surface area contributed by atoms with Crippen molar-refractivity contribution in [3.8, 4) is 5.75 Å². The second kappa shape index (κ2) is 11.0. The van der Waals surface area contributed by atoms with E-state index in [9.17, 15) is 19.7 Å². The summed E-state index contributed by atoms with van der Waals surface area (Å²) in [4.78, 5) is 40.7. The molecule has 2 fully saturated rings. The van der Waals surface area contributed by atoms with Crippen LogP contribution in [-0.4, -0.2) is 39.8 Å². The van der Waals surface area contributed by atoms with Crippen molar-refractivity contribution in [3.63, 3.8) is 0 Å². The van der Waals surface area contributed by atoms with Gasteiger partial charge in [-0.1, -0.05) is 84.9 Å². The van der Waals surface area contributed by atoms with Gasteiger partial charge in [-0.15, -0.1) is 0 Å². The topological polar surface area (TPSA) is 126 Å². The Morgan fingerprint density at radius 3 is 2.20 bits per heavy atom. The van der Waals surface area contributed by atoms with Gasteiger partial charge in [-0.3, -0.25) is 24.5 Å². The molecule has 0 unspecified atom stereocenters. The molecule has 3 aromatic carbocycles. The molecule has 1 aliphatic heterocycles. The minimum atomic E-state index is -1.54. The average Bonchev–Trinajstić information content (AvgIpc) is 3.77. The number of fused-ring (bicyclic) bond motifs is 5. The maximum Gasteiger partial charge on any atom is 0.330 e. The van der Waals surface area contributed by atoms with E-state index in [2.05, 4.69) is 4.98 Å². The zero-order valence-electron chi connectivity index (χ0n) is 24.9. The van der Waals surface area contributed by atoms with Crippen LogP contribution in [0.2, 0.25) is 0 Å². The van der Waals surface area contributed by atoms with Crippen molar-refractivity contribution >= 4 is 0 Å². The average molecular weight is 608 g/mol. The highest BCUT2D eigenvalue weighted by atomic mass is 16.6. The lowest BCUT2D eigenvalue weighted by Crippen LogP contribution is -2.56. The molecule has 6 atom stereocenters. The van der Waals surface area contributed by atoms with Gasteiger partial charge in [0.1, 0.15) is 17.6 Å². The first kappa shape index (κ1) is 28.9. The van der Waals surface area contributed by atoms with Crippen molar-refractivity contribution in [1.82, 2.24) is 9.55 Å². The minimum absolute atomic E-state index is 0.141. The highest BCUT2D eigenvalue weighted by Gasteiger charge is 2.76. The normalized spacial score (nSPS) is 26.6. The molecular weight excluding hydrogens is 574 g/mol. The fraction of sp³-hybridized carbons (Fsp3) is 0.314. The molecule has 0 spiro atoms. The Kier molecular flexibility index (Phi) is 7.06. The maximum absolute atomic E-state index is 13.3. The molecule has 4 aromatic rings. The Bertz CT molecular complexity index is 1830. The van der Waals surface area contributed by atoms with E-state index in [1.54, 1.807) is 14.0 Å². The van der Waals surface area contributed by atoms with Gasteiger partial charge in [0, 0.05) is 16.7 Å². The molecule has 1 N–H and O–H groups in total. The molecule has 1 saturated heterocycles. The summed E-state index contributed by atoms with van der Waals surface area (Å²) in [7, 11) is 1.60. The fourth-order valence-electron chi connectivity index (χ4n) is 7.87. The maximum atomic E-state index is 13.3. The van der Waals surface area contributed by atoms with Gasteiger partial charge in [-0.25, -0.2) is 4.79 Å². The van der Waals surface area contributed by atoms with E-state index >= 15 is 0 Å². The van der Waals surface area contributed by atoms with Gasteiger partial charge in [-0.05, 0) is 48.1 Å². The monoisotopic (exact) mass is 607 g/mol. The lowest BCUT2D eigenvalue weighted by molar-refractivity contribution is -0.589. The number of nitro groups is 1. The molecule has 2 bridgehead atoms. The molecule has 0 amide bonds. The number of hydrogen-bond acceptors (Lipinski definition) is 7. The quantitative estimate of drug-likeness (QED) is 0.128. The van der Waals surface area contributed by atoms with Gasteiger partial charge >= 0.3 is 5.69 Å². The van der Waals surface area contributed by atoms with Gasteiger partial charge in [0.15, 0.2) is 6.10 Å². The smallest absolute Gasteiger partial charge is 0.330 e. The Morgan fingerprint density at radius 2 is 1.60 bits per heavy atom. The summed E-state index contributed by atoms with van der Waals surface area (Å²) >= 11 is 0. The summed E-state index contributed by atoms with van der Waals surface area (Å²) in [5, 5.41) is 13.3. The first-order valence-electron chi connectivity index (χ1n) is 15.0. The van der Waals surface area contributed by atoms with E-state index in [0.717, 1.165) is 16.7 Å². The number of hydrogen-bond donors (Lipinski definition) is 1. The number of aromatic amines is 1. The number of nitrogens with zero attached hydrogens (tertiary/aromatic N) is 2. The van der Waals surface area contributed by atoms with Crippen LogP contribution in [0.1, 0.15) is 34.9 Å². The van der Waals surface area contributed by atoms with E-state index in [-0.39, 0.29) is 17.4 Å². The van der Waals surface area contributed by atoms with E-state index in [0.29, 0.717) is 17.7 Å². The Balaban J connectivity index is 1.37. The number of allylic oxidation sites excluding steroid dienone is 1. The number of nitrogens with one attached hydrogen (secondary N) is 1. The summed E-state index contributed by atoms with van der Waals surface area (Å²) in [6.07, 6.45) is 3.96. The molecule has 10 nitrogen and oxygen atoms in total. The van der Waals surface area contributed by atoms with Gasteiger partial charge in [-0.2, -0.15) is 0 Å². The molecular formula is C35H33N3O7. The zero-order chi connectivity index (χ0) is 31.3. The third-order valence-corrected chi connectivity index (χ3v) is 9.88. The van der Waals surface area contributed by atoms with Gasteiger partial charge in [0.2, 0.25) is 0 Å². The minimum Gasteiger partial charge on any atom is -0.497 e. The molecule has 3 aliphatic rings. The Hall–Kier alpha value is -4.80. The lowest BCUT2D eigenvalue weighted by Gasteiger charge is -2.38. The number of methoxy groups -OCH3 is 1. The van der Waals surface area contributed by atoms with Crippen molar-refractivity contribution in [2.45, 2.75) is 36.8 Å². The van der Waals surface area contributed by atoms with Crippen molar-refractivity contribution in [2.75, 3.05) is 13.7 Å². The first-order valence-corrected chi connectivity index (χ1v) is 15.0. The lowest BCUT2D eigenvalue weighted by atomic mass is 9.73. The molecule has 10 heteroatoms. The van der Waals surface area contributed by atoms with Crippen LogP contribution in [0.3, 0.4) is 0 Å². The number of rotatable bonds is 9. The van der Waals surface area contributed by atoms with E-state index in [1.807, 2.05) is 97.1 Å². The second-order valence-corrected chi connectivity index (χ2v) is 12.0. The Morgan fingerprint density at radius 1 is 0.978 bits per heavy atom. The van der Waals surface area contributed by atoms with Crippen LogP contribution >= 0.6 is 0 Å². The predicted molar refractivity (Wildman–Crippen MR) is 166 cm³/mol. The van der Waals surface area contributed by atoms with E-state index < -0.39 is 46.6 Å². The number of H-pyrrole nitrogens is 1. The molecule has 2 aliphatic carbocycles. The molecule has 7 rings (SSSR count). The third kappa shape index (κ3) is 4.31. The van der Waals surface area contributed by atoms with Crippen molar-refractivity contribution in [3.05, 3.63) is 156 Å². The van der Waals surface area contributed by atoms with Crippen LogP contribution in [0.25, 0.3) is 0 Å². The molecule has 0 radical (unpaired) electrons. The third-order valence-electron chi connectivity index (χ3n) is 9.88. The van der Waals surface area contributed by atoms with Crippen LogP contribution in [0, 0.1) is 34.8 Å². The van der Waals surface area contributed by atoms with Crippen LogP contribution in [-0.2, 0) is 15.1 Å². The summed E-state index contributed by atoms with van der Waals surface area (Å²) in [6, 6.07) is 27.1. The summed E-state index contributed by atoms with van der Waals surface area (Å²) in [5.41, 5.74) is -1.07. The number of aromatic nitrogens is 2. The van der Waals surface area contributed by atoms with E-state index in [1.165, 1.54) is 10.8 Å². The highest BCUT2D eigenvalue weighted by Crippen LogP contribution is 2.62. The van der Waals surface area contributed by atoms with Crippen LogP contribution in [0.5, 0.6) is 5.75 Å². The standard InChI is InChI=1S/C35H33N3O7/c1-22-20-37(33(40)36-31(22)39)32-30-23-13-14-27(19-23)34(30,38(41)42)29(45-32)21-44-35(24-9-5-3-6-10-24,25-11-7-4-8-12-25)26-15-17-28(43-2)18-16-26/h3-18,20,23,27,29-30,32H,19,21H2,1-2H3,(H,36,39,40)/t23-,27+,29-,30+,32-,34+/m1/s1. The summed E-state index contributed by atoms with van der Waals surface area (Å²) < 4.78 is 20.4. The largest absolute Gasteiger partial charge is 0.497 e. The fourth-order valence-corrected chi connectivity index (χ4v) is 7.87. The predicted octanol–water partition coefficient (Wildman–Crippen LogP) is 4.60. The van der Waals surface area contributed by atoms with Crippen LogP contribution < -0.4 is 16.0 Å². The first-order chi connectivity index (χ1) is 21.8. The highest BCUT2D eigenvalue weighted by molar-refractivity contribution is 5.48. The van der Waals surface area contributed by atoms with Gasteiger partial charge in [0.05, 0.1) is 25.6 Å². The van der Waals surface area contributed by atoms with Crippen molar-refractivity contribution in [1.29, 1.82) is 0 Å². The molecule has 1 aromatic heterocycles. The number of aryl methyl sites for hydroxylation is 1. The molecule has 2 heterocycles. The summed E-state index contributed by atoms with van der Waals surface area (Å²) in [6.45, 7) is 1.45. The van der Waals surface area contributed by atoms with Crippen LogP contribution in [0.4, 0.5) is 0 Å². The number of benzene rings is 3. The number of ether oxygens (including phenoxy) is 3. The van der Waals surface area contributed by atoms with Crippen molar-refractivity contribution in [2.24, 2.45) is 17.8 Å². The van der Waals surface area contributed by atoms with Crippen molar-refractivity contribution < 1.29 is 19.1 Å². The van der Waals surface area contributed by atoms with Crippen LogP contribution in [0.15, 0.2) is 113 Å². The SMILES string of the molecule is COc1ccc(C(OC[C@H]2O[C@@H](n3cc(C)c(=O)[nH]c3=O)[C@@H]3[C@@H]4C=C[C@@H](C4)[C@@]32[N+](=O)[O-])(c2ccccc2)c2ccccc2)cc1.